The molecule has 0 aromatic rings. The second-order valence-corrected chi connectivity index (χ2v) is 3.00. The summed E-state index contributed by atoms with van der Waals surface area (Å²) in [4.78, 5) is 0. The van der Waals surface area contributed by atoms with E-state index < -0.39 is 0 Å². The van der Waals surface area contributed by atoms with E-state index in [-0.39, 0.29) is 18.8 Å². The zero-order valence-corrected chi connectivity index (χ0v) is 7.73. The van der Waals surface area contributed by atoms with Gasteiger partial charge in [-0.3, -0.25) is 0 Å². The van der Waals surface area contributed by atoms with Gasteiger partial charge in [0.15, 0.2) is 0 Å². The number of allylic oxidation sites excluding steroid dienone is 4. The van der Waals surface area contributed by atoms with E-state index in [1.165, 1.54) is 0 Å². The standard InChI is InChI=1S/C11H16O2/c1-2-3-4-5-6-7-8-10-11(9-12)13-10/h2-4,6-7,10-12H,1,5,8-9H2/b4-3+,7-6+/t10-,11+/m1/s1. The zero-order valence-electron chi connectivity index (χ0n) is 7.73. The molecule has 1 fully saturated rings. The maximum absolute atomic E-state index is 8.68. The lowest BCUT2D eigenvalue weighted by atomic mass is 10.2. The first-order valence-electron chi connectivity index (χ1n) is 4.57. The molecule has 0 aromatic heterocycles. The van der Waals surface area contributed by atoms with Crippen molar-refractivity contribution in [3.8, 4) is 0 Å². The van der Waals surface area contributed by atoms with Crippen LogP contribution in [0.1, 0.15) is 12.8 Å². The van der Waals surface area contributed by atoms with Gasteiger partial charge in [0, 0.05) is 0 Å². The second-order valence-electron chi connectivity index (χ2n) is 3.00. The summed E-state index contributed by atoms with van der Waals surface area (Å²) in [5.41, 5.74) is 0. The molecule has 0 unspecified atom stereocenters. The lowest BCUT2D eigenvalue weighted by Crippen LogP contribution is -1.97. The minimum absolute atomic E-state index is 0.0911. The van der Waals surface area contributed by atoms with Crippen LogP contribution < -0.4 is 0 Å². The molecule has 0 bridgehead atoms. The van der Waals surface area contributed by atoms with Crippen LogP contribution in [0.15, 0.2) is 37.0 Å². The molecular weight excluding hydrogens is 164 g/mol. The maximum Gasteiger partial charge on any atom is 0.107 e. The summed E-state index contributed by atoms with van der Waals surface area (Å²) in [6.45, 7) is 3.73. The average Bonchev–Trinajstić information content (AvgIpc) is 2.90. The number of ether oxygens (including phenoxy) is 1. The fourth-order valence-electron chi connectivity index (χ4n) is 1.13. The Bertz CT molecular complexity index is 206. The monoisotopic (exact) mass is 180 g/mol. The molecule has 0 aliphatic carbocycles. The first kappa shape index (κ1) is 10.2. The van der Waals surface area contributed by atoms with E-state index in [2.05, 4.69) is 18.7 Å². The number of hydrogen-bond acceptors (Lipinski definition) is 2. The van der Waals surface area contributed by atoms with Gasteiger partial charge in [-0.1, -0.05) is 37.0 Å². The van der Waals surface area contributed by atoms with Gasteiger partial charge >= 0.3 is 0 Å². The lowest BCUT2D eigenvalue weighted by molar-refractivity contribution is 0.242. The topological polar surface area (TPSA) is 32.8 Å². The first-order valence-corrected chi connectivity index (χ1v) is 4.57. The Morgan fingerprint density at radius 2 is 2.08 bits per heavy atom. The van der Waals surface area contributed by atoms with Crippen molar-refractivity contribution in [3.05, 3.63) is 37.0 Å². The highest BCUT2D eigenvalue weighted by Gasteiger charge is 2.36. The molecule has 1 saturated heterocycles. The molecular formula is C11H16O2. The van der Waals surface area contributed by atoms with E-state index in [9.17, 15) is 0 Å². The summed E-state index contributed by atoms with van der Waals surface area (Å²) in [5.74, 6) is 0. The highest BCUT2D eigenvalue weighted by molar-refractivity contribution is 5.02. The van der Waals surface area contributed by atoms with E-state index in [4.69, 9.17) is 9.84 Å². The molecule has 1 aliphatic heterocycles. The molecule has 0 spiro atoms. The van der Waals surface area contributed by atoms with Crippen molar-refractivity contribution in [1.82, 2.24) is 0 Å². The second kappa shape index (κ2) is 5.73. The number of aliphatic hydroxyl groups is 1. The van der Waals surface area contributed by atoms with Gasteiger partial charge < -0.3 is 9.84 Å². The van der Waals surface area contributed by atoms with Crippen molar-refractivity contribution in [1.29, 1.82) is 0 Å². The summed E-state index contributed by atoms with van der Waals surface area (Å²) in [6.07, 6.45) is 12.1. The minimum atomic E-state index is 0.0911. The molecule has 1 aliphatic rings. The predicted molar refractivity (Wildman–Crippen MR) is 53.5 cm³/mol. The third-order valence-electron chi connectivity index (χ3n) is 1.95. The maximum atomic E-state index is 8.68. The summed E-state index contributed by atoms with van der Waals surface area (Å²) in [7, 11) is 0. The van der Waals surface area contributed by atoms with Crippen molar-refractivity contribution in [2.75, 3.05) is 6.61 Å². The van der Waals surface area contributed by atoms with Crippen LogP contribution in [-0.4, -0.2) is 23.9 Å². The molecule has 0 aromatic carbocycles. The first-order chi connectivity index (χ1) is 6.38. The number of aliphatic hydroxyl groups excluding tert-OH is 1. The zero-order chi connectivity index (χ0) is 9.52. The molecule has 0 radical (unpaired) electrons. The van der Waals surface area contributed by atoms with Crippen molar-refractivity contribution >= 4 is 0 Å². The molecule has 2 atom stereocenters. The van der Waals surface area contributed by atoms with Crippen LogP contribution >= 0.6 is 0 Å². The van der Waals surface area contributed by atoms with Crippen LogP contribution in [0.3, 0.4) is 0 Å². The fourth-order valence-corrected chi connectivity index (χ4v) is 1.13. The van der Waals surface area contributed by atoms with E-state index in [1.54, 1.807) is 6.08 Å². The Labute approximate surface area is 79.2 Å². The molecule has 0 amide bonds. The van der Waals surface area contributed by atoms with E-state index in [0.717, 1.165) is 12.8 Å². The van der Waals surface area contributed by atoms with Gasteiger partial charge in [-0.15, -0.1) is 0 Å². The molecule has 13 heavy (non-hydrogen) atoms. The summed E-state index contributed by atoms with van der Waals surface area (Å²) < 4.78 is 5.16. The van der Waals surface area contributed by atoms with Crippen LogP contribution in [-0.2, 0) is 4.74 Å². The van der Waals surface area contributed by atoms with Crippen LogP contribution in [0.5, 0.6) is 0 Å². The largest absolute Gasteiger partial charge is 0.394 e. The molecule has 2 nitrogen and oxygen atoms in total. The Hall–Kier alpha value is -0.860. The summed E-state index contributed by atoms with van der Waals surface area (Å²) in [5, 5.41) is 8.68. The van der Waals surface area contributed by atoms with Gasteiger partial charge in [0.25, 0.3) is 0 Å². The minimum Gasteiger partial charge on any atom is -0.394 e. The molecule has 1 rings (SSSR count). The van der Waals surface area contributed by atoms with E-state index in [1.807, 2.05) is 12.2 Å². The summed E-state index contributed by atoms with van der Waals surface area (Å²) >= 11 is 0. The van der Waals surface area contributed by atoms with Gasteiger partial charge in [-0.25, -0.2) is 0 Å². The van der Waals surface area contributed by atoms with Crippen LogP contribution in [0.2, 0.25) is 0 Å². The van der Waals surface area contributed by atoms with Gasteiger partial charge in [0.05, 0.1) is 12.7 Å². The SMILES string of the molecule is C=C/C=C/C/C=C/C[C@H]1O[C@H]1CO. The van der Waals surface area contributed by atoms with E-state index >= 15 is 0 Å². The Morgan fingerprint density at radius 1 is 1.23 bits per heavy atom. The number of epoxide rings is 1. The Morgan fingerprint density at radius 3 is 2.69 bits per heavy atom. The van der Waals surface area contributed by atoms with Crippen LogP contribution in [0, 0.1) is 0 Å². The van der Waals surface area contributed by atoms with Gasteiger partial charge in [-0.2, -0.15) is 0 Å². The summed E-state index contributed by atoms with van der Waals surface area (Å²) in [6, 6.07) is 0. The lowest BCUT2D eigenvalue weighted by Gasteiger charge is -1.84. The molecule has 0 saturated carbocycles. The van der Waals surface area contributed by atoms with Gasteiger partial charge in [0.1, 0.15) is 6.10 Å². The Kier molecular flexibility index (Phi) is 4.50. The van der Waals surface area contributed by atoms with Crippen molar-refractivity contribution in [3.63, 3.8) is 0 Å². The quantitative estimate of drug-likeness (QED) is 0.384. The number of hydrogen-bond donors (Lipinski definition) is 1. The van der Waals surface area contributed by atoms with Gasteiger partial charge in [0.2, 0.25) is 0 Å². The molecule has 1 heterocycles. The third kappa shape index (κ3) is 4.06. The normalized spacial score (nSPS) is 27.2. The van der Waals surface area contributed by atoms with Crippen molar-refractivity contribution in [2.45, 2.75) is 25.0 Å². The molecule has 72 valence electrons. The van der Waals surface area contributed by atoms with Crippen molar-refractivity contribution < 1.29 is 9.84 Å². The fraction of sp³-hybridized carbons (Fsp3) is 0.455. The van der Waals surface area contributed by atoms with Crippen LogP contribution in [0.4, 0.5) is 0 Å². The van der Waals surface area contributed by atoms with Gasteiger partial charge in [-0.05, 0) is 12.8 Å². The molecule has 1 N–H and O–H groups in total. The highest BCUT2D eigenvalue weighted by Crippen LogP contribution is 2.24. The smallest absolute Gasteiger partial charge is 0.107 e. The Balaban J connectivity index is 1.99. The average molecular weight is 180 g/mol. The predicted octanol–water partition coefficient (Wildman–Crippen LogP) is 1.82. The highest BCUT2D eigenvalue weighted by atomic mass is 16.6. The van der Waals surface area contributed by atoms with Crippen molar-refractivity contribution in [2.24, 2.45) is 0 Å². The molecule has 2 heteroatoms. The van der Waals surface area contributed by atoms with E-state index in [0.29, 0.717) is 0 Å². The number of rotatable bonds is 6. The third-order valence-corrected chi connectivity index (χ3v) is 1.95. The van der Waals surface area contributed by atoms with Crippen LogP contribution in [0.25, 0.3) is 0 Å².